The van der Waals surface area contributed by atoms with E-state index < -0.39 is 6.09 Å². The van der Waals surface area contributed by atoms with Crippen LogP contribution in [0.15, 0.2) is 18.2 Å². The summed E-state index contributed by atoms with van der Waals surface area (Å²) in [5, 5.41) is 8.67. The van der Waals surface area contributed by atoms with Gasteiger partial charge in [-0.2, -0.15) is 5.26 Å². The van der Waals surface area contributed by atoms with Gasteiger partial charge >= 0.3 is 6.09 Å². The molecule has 0 saturated carbocycles. The number of carbonyl (C=O) groups excluding carboxylic acids is 1. The lowest BCUT2D eigenvalue weighted by Crippen LogP contribution is -2.16. The molecule has 4 nitrogen and oxygen atoms in total. The Labute approximate surface area is 79.5 Å². The van der Waals surface area contributed by atoms with E-state index in [1.807, 2.05) is 6.07 Å². The minimum Gasteiger partial charge on any atom is -0.409 e. The Bertz CT molecular complexity index is 384. The molecule has 0 spiro atoms. The highest BCUT2D eigenvalue weighted by Gasteiger charge is 2.05. The lowest BCUT2D eigenvalue weighted by Gasteiger charge is -2.02. The highest BCUT2D eigenvalue weighted by molar-refractivity contribution is 6.32. The molecule has 0 aliphatic rings. The van der Waals surface area contributed by atoms with Crippen molar-refractivity contribution in [2.45, 2.75) is 0 Å². The third-order valence-electron chi connectivity index (χ3n) is 1.27. The van der Waals surface area contributed by atoms with Crippen molar-refractivity contribution in [2.75, 3.05) is 0 Å². The first-order valence-electron chi connectivity index (χ1n) is 3.30. The summed E-state index contributed by atoms with van der Waals surface area (Å²) in [5.74, 6) is 0.146. The van der Waals surface area contributed by atoms with E-state index in [0.29, 0.717) is 5.56 Å². The number of rotatable bonds is 1. The lowest BCUT2D eigenvalue weighted by molar-refractivity contribution is 0.211. The highest BCUT2D eigenvalue weighted by atomic mass is 35.5. The van der Waals surface area contributed by atoms with Crippen molar-refractivity contribution in [1.82, 2.24) is 0 Å². The van der Waals surface area contributed by atoms with Crippen LogP contribution in [-0.4, -0.2) is 6.09 Å². The van der Waals surface area contributed by atoms with Crippen molar-refractivity contribution >= 4 is 17.7 Å². The van der Waals surface area contributed by atoms with Gasteiger partial charge in [-0.15, -0.1) is 0 Å². The van der Waals surface area contributed by atoms with Gasteiger partial charge in [0.25, 0.3) is 0 Å². The fourth-order valence-electron chi connectivity index (χ4n) is 0.762. The lowest BCUT2D eigenvalue weighted by atomic mass is 10.2. The molecule has 0 radical (unpaired) electrons. The third kappa shape index (κ3) is 2.36. The first-order chi connectivity index (χ1) is 6.13. The van der Waals surface area contributed by atoms with Crippen molar-refractivity contribution in [3.63, 3.8) is 0 Å². The summed E-state index contributed by atoms with van der Waals surface area (Å²) in [4.78, 5) is 10.4. The molecule has 0 atom stereocenters. The van der Waals surface area contributed by atoms with Gasteiger partial charge in [-0.05, 0) is 18.2 Å². The van der Waals surface area contributed by atoms with E-state index in [9.17, 15) is 4.79 Å². The molecule has 66 valence electrons. The molecule has 1 aromatic rings. The predicted octanol–water partition coefficient (Wildman–Crippen LogP) is 1.67. The maximum absolute atomic E-state index is 10.4. The molecular formula is C8H5ClN2O2. The van der Waals surface area contributed by atoms with Crippen LogP contribution in [0.5, 0.6) is 5.75 Å². The standard InChI is InChI=1S/C8H5ClN2O2/c9-6-3-5(4-10)1-2-7(6)13-8(11)12/h1-3H,(H2,11,12). The number of nitriles is 1. The van der Waals surface area contributed by atoms with Crippen LogP contribution in [-0.2, 0) is 0 Å². The van der Waals surface area contributed by atoms with Crippen LogP contribution >= 0.6 is 11.6 Å². The summed E-state index contributed by atoms with van der Waals surface area (Å²) in [5.41, 5.74) is 5.17. The molecule has 0 aliphatic carbocycles. The number of hydrogen-bond acceptors (Lipinski definition) is 3. The normalized spacial score (nSPS) is 8.92. The fourth-order valence-corrected chi connectivity index (χ4v) is 0.981. The quantitative estimate of drug-likeness (QED) is 0.742. The van der Waals surface area contributed by atoms with E-state index in [1.54, 1.807) is 0 Å². The first-order valence-corrected chi connectivity index (χ1v) is 3.68. The minimum absolute atomic E-state index is 0.146. The molecule has 2 N–H and O–H groups in total. The van der Waals surface area contributed by atoms with Gasteiger partial charge in [0.2, 0.25) is 0 Å². The second kappa shape index (κ2) is 3.78. The van der Waals surface area contributed by atoms with Crippen LogP contribution < -0.4 is 10.5 Å². The van der Waals surface area contributed by atoms with Crippen LogP contribution in [0.2, 0.25) is 5.02 Å². The van der Waals surface area contributed by atoms with Gasteiger partial charge < -0.3 is 10.5 Å². The molecule has 0 aliphatic heterocycles. The number of carbonyl (C=O) groups is 1. The molecule has 5 heteroatoms. The smallest absolute Gasteiger partial charge is 0.409 e. The number of hydrogen-bond donors (Lipinski definition) is 1. The molecule has 0 saturated heterocycles. The largest absolute Gasteiger partial charge is 0.410 e. The van der Waals surface area contributed by atoms with Crippen molar-refractivity contribution in [1.29, 1.82) is 5.26 Å². The number of benzene rings is 1. The Morgan fingerprint density at radius 1 is 1.62 bits per heavy atom. The number of halogens is 1. The van der Waals surface area contributed by atoms with Gasteiger partial charge in [0, 0.05) is 0 Å². The Kier molecular flexibility index (Phi) is 2.72. The highest BCUT2D eigenvalue weighted by Crippen LogP contribution is 2.24. The van der Waals surface area contributed by atoms with Gasteiger partial charge in [-0.25, -0.2) is 4.79 Å². The van der Waals surface area contributed by atoms with Crippen LogP contribution in [0.3, 0.4) is 0 Å². The molecule has 0 bridgehead atoms. The van der Waals surface area contributed by atoms with Crippen molar-refractivity contribution in [3.8, 4) is 11.8 Å². The molecule has 1 rings (SSSR count). The Morgan fingerprint density at radius 3 is 2.77 bits per heavy atom. The molecule has 0 unspecified atom stereocenters. The van der Waals surface area contributed by atoms with E-state index in [0.717, 1.165) is 0 Å². The van der Waals surface area contributed by atoms with Crippen LogP contribution in [0.4, 0.5) is 4.79 Å². The van der Waals surface area contributed by atoms with Crippen LogP contribution in [0.1, 0.15) is 5.56 Å². The topological polar surface area (TPSA) is 76.1 Å². The number of amides is 1. The van der Waals surface area contributed by atoms with Crippen molar-refractivity contribution in [2.24, 2.45) is 5.73 Å². The zero-order chi connectivity index (χ0) is 9.84. The van der Waals surface area contributed by atoms with Crippen LogP contribution in [0, 0.1) is 11.3 Å². The van der Waals surface area contributed by atoms with E-state index in [2.05, 4.69) is 4.74 Å². The second-order valence-corrected chi connectivity index (χ2v) is 2.59. The van der Waals surface area contributed by atoms with E-state index >= 15 is 0 Å². The summed E-state index contributed by atoms with van der Waals surface area (Å²) < 4.78 is 4.54. The maximum Gasteiger partial charge on any atom is 0.410 e. The van der Waals surface area contributed by atoms with Crippen molar-refractivity contribution < 1.29 is 9.53 Å². The van der Waals surface area contributed by atoms with Gasteiger partial charge in [-0.1, -0.05) is 11.6 Å². The number of nitrogens with zero attached hydrogens (tertiary/aromatic N) is 1. The zero-order valence-corrected chi connectivity index (χ0v) is 7.21. The third-order valence-corrected chi connectivity index (χ3v) is 1.57. The van der Waals surface area contributed by atoms with Crippen molar-refractivity contribution in [3.05, 3.63) is 28.8 Å². The Morgan fingerprint density at radius 2 is 2.31 bits per heavy atom. The van der Waals surface area contributed by atoms with Crippen LogP contribution in [0.25, 0.3) is 0 Å². The Hall–Kier alpha value is -1.73. The SMILES string of the molecule is N#Cc1ccc(OC(N)=O)c(Cl)c1. The molecule has 1 aromatic carbocycles. The van der Waals surface area contributed by atoms with Gasteiger partial charge in [-0.3, -0.25) is 0 Å². The summed E-state index contributed by atoms with van der Waals surface area (Å²) in [6.07, 6.45) is -0.938. The van der Waals surface area contributed by atoms with E-state index in [-0.39, 0.29) is 10.8 Å². The molecule has 0 aromatic heterocycles. The van der Waals surface area contributed by atoms with E-state index in [4.69, 9.17) is 22.6 Å². The summed E-state index contributed by atoms with van der Waals surface area (Å²) in [6, 6.07) is 6.17. The molecule has 13 heavy (non-hydrogen) atoms. The first kappa shape index (κ1) is 9.36. The second-order valence-electron chi connectivity index (χ2n) is 2.18. The molecule has 1 amide bonds. The van der Waals surface area contributed by atoms with Gasteiger partial charge in [0.15, 0.2) is 5.75 Å². The molecule has 0 heterocycles. The minimum atomic E-state index is -0.938. The monoisotopic (exact) mass is 196 g/mol. The van der Waals surface area contributed by atoms with Gasteiger partial charge in [0.05, 0.1) is 16.7 Å². The summed E-state index contributed by atoms with van der Waals surface area (Å²) >= 11 is 5.67. The summed E-state index contributed by atoms with van der Waals surface area (Å²) in [7, 11) is 0. The zero-order valence-electron chi connectivity index (χ0n) is 6.45. The predicted molar refractivity (Wildman–Crippen MR) is 46.4 cm³/mol. The number of primary amides is 1. The molecular weight excluding hydrogens is 192 g/mol. The van der Waals surface area contributed by atoms with Gasteiger partial charge in [0.1, 0.15) is 0 Å². The Balaban J connectivity index is 3.00. The molecule has 0 fully saturated rings. The fraction of sp³-hybridized carbons (Fsp3) is 0. The average Bonchev–Trinajstić information content (AvgIpc) is 2.08. The average molecular weight is 197 g/mol. The van der Waals surface area contributed by atoms with E-state index in [1.165, 1.54) is 18.2 Å². The summed E-state index contributed by atoms with van der Waals surface area (Å²) in [6.45, 7) is 0. The maximum atomic E-state index is 10.4. The number of nitrogens with two attached hydrogens (primary N) is 1. The number of ether oxygens (including phenoxy) is 1.